The van der Waals surface area contributed by atoms with E-state index in [1.165, 1.54) is 33.1 Å². The summed E-state index contributed by atoms with van der Waals surface area (Å²) in [6.07, 6.45) is -9.86. The highest BCUT2D eigenvalue weighted by Gasteiger charge is 2.78. The van der Waals surface area contributed by atoms with E-state index in [1.807, 2.05) is 0 Å². The Labute approximate surface area is 394 Å². The molecule has 4 aliphatic rings. The molecule has 3 aromatic carbocycles. The van der Waals surface area contributed by atoms with Crippen LogP contribution in [0.4, 0.5) is 0 Å². The van der Waals surface area contributed by atoms with Crippen LogP contribution in [-0.4, -0.2) is 127 Å². The molecule has 0 aromatic heterocycles. The SMILES string of the molecule is COCCOCO[C@H]1C[C@H]2OC[C@@]2(OC(C)=O)C2C(OC(=O)c3ccccc3)[C@]3(O)C[C@H](OC(=O)[C@H](O)[C@@H](NC(=O)c4ccccc4)c4ccccc4)C(C)=C([C@@H](OC(C)=O)C(=O)[C@@]21C)C3(C)C. The molecule has 3 fully saturated rings. The minimum atomic E-state index is -2.39. The number of carbonyl (C=O) groups excluding carboxylic acids is 6. The molecule has 1 aliphatic heterocycles. The van der Waals surface area contributed by atoms with Crippen molar-refractivity contribution in [1.29, 1.82) is 0 Å². The number of methoxy groups -OCH3 is 1. The summed E-state index contributed by atoms with van der Waals surface area (Å²) < 4.78 is 48.3. The third kappa shape index (κ3) is 9.10. The highest BCUT2D eigenvalue weighted by atomic mass is 16.7. The molecule has 1 heterocycles. The van der Waals surface area contributed by atoms with Gasteiger partial charge in [-0.05, 0) is 54.8 Å². The Morgan fingerprint density at radius 3 is 2.03 bits per heavy atom. The molecular formula is C51H59NO16. The molecule has 0 spiro atoms. The molecule has 3 N–H and O–H groups in total. The smallest absolute Gasteiger partial charge is 0.338 e. The van der Waals surface area contributed by atoms with E-state index in [0.29, 0.717) is 5.56 Å². The molecule has 2 bridgehead atoms. The summed E-state index contributed by atoms with van der Waals surface area (Å²) in [7, 11) is 1.50. The van der Waals surface area contributed by atoms with Crippen LogP contribution in [0.5, 0.6) is 0 Å². The van der Waals surface area contributed by atoms with Crippen molar-refractivity contribution in [2.24, 2.45) is 16.7 Å². The third-order valence-corrected chi connectivity index (χ3v) is 14.2. The Morgan fingerprint density at radius 2 is 1.46 bits per heavy atom. The molecule has 2 saturated carbocycles. The van der Waals surface area contributed by atoms with Crippen LogP contribution in [0.15, 0.2) is 102 Å². The highest BCUT2D eigenvalue weighted by molar-refractivity contribution is 5.96. The average Bonchev–Trinajstić information content (AvgIpc) is 3.31. The number of fused-ring (bicyclic) bond motifs is 5. The zero-order valence-corrected chi connectivity index (χ0v) is 39.1. The first-order valence-corrected chi connectivity index (χ1v) is 22.5. The Hall–Kier alpha value is -5.82. The summed E-state index contributed by atoms with van der Waals surface area (Å²) in [6, 6.07) is 23.1. The van der Waals surface area contributed by atoms with Gasteiger partial charge in [-0.25, -0.2) is 9.59 Å². The van der Waals surface area contributed by atoms with Gasteiger partial charge in [0.15, 0.2) is 23.6 Å². The molecule has 364 valence electrons. The van der Waals surface area contributed by atoms with Crippen LogP contribution < -0.4 is 5.32 Å². The monoisotopic (exact) mass is 941 g/mol. The maximum absolute atomic E-state index is 16.0. The van der Waals surface area contributed by atoms with Gasteiger partial charge < -0.3 is 53.4 Å². The number of rotatable bonds is 16. The molecule has 1 amide bonds. The second-order valence-electron chi connectivity index (χ2n) is 18.5. The van der Waals surface area contributed by atoms with Gasteiger partial charge in [0.1, 0.15) is 30.7 Å². The number of ether oxygens (including phenoxy) is 8. The number of ketones is 1. The second kappa shape index (κ2) is 20.0. The standard InChI is InChI=1S/C51H59NO16/c1-29-35(66-47(59)40(55)39(32-17-11-8-12-18-32)52-45(57)33-19-13-9-14-20-33)26-51(60)44(67-46(58)34-21-15-10-16-22-34)42-49(6,43(56)41(65-30(2)53)38(29)48(51,4)5)36(64-28-62-24-23-61-7)25-37-50(42,27-63-37)68-31(3)54/h8-22,35-37,39-42,44,55,60H,23-28H2,1-7H3,(H,52,57)/t35-,36-,37+,39-,40+,41+,42?,44?,49+,50-,51+/m0/s1. The van der Waals surface area contributed by atoms with E-state index in [4.69, 9.17) is 37.9 Å². The van der Waals surface area contributed by atoms with Crippen molar-refractivity contribution < 1.29 is 76.9 Å². The van der Waals surface area contributed by atoms with Crippen LogP contribution >= 0.6 is 0 Å². The van der Waals surface area contributed by atoms with Crippen LogP contribution in [0.1, 0.15) is 86.7 Å². The number of benzene rings is 3. The maximum atomic E-state index is 16.0. The number of aliphatic hydroxyl groups is 2. The lowest BCUT2D eigenvalue weighted by Gasteiger charge is -2.67. The molecule has 7 rings (SSSR count). The van der Waals surface area contributed by atoms with Gasteiger partial charge in [-0.2, -0.15) is 0 Å². The van der Waals surface area contributed by atoms with E-state index in [9.17, 15) is 34.2 Å². The average molecular weight is 942 g/mol. The van der Waals surface area contributed by atoms with Gasteiger partial charge in [0.05, 0.1) is 48.9 Å². The summed E-state index contributed by atoms with van der Waals surface area (Å²) >= 11 is 0. The van der Waals surface area contributed by atoms with E-state index >= 15 is 4.79 Å². The number of hydrogen-bond acceptors (Lipinski definition) is 16. The first kappa shape index (κ1) is 50.1. The van der Waals surface area contributed by atoms with E-state index in [1.54, 1.807) is 99.6 Å². The fourth-order valence-electron chi connectivity index (χ4n) is 10.7. The van der Waals surface area contributed by atoms with E-state index in [2.05, 4.69) is 5.32 Å². The fourth-order valence-corrected chi connectivity index (χ4v) is 10.7. The van der Waals surface area contributed by atoms with Crippen LogP contribution in [0.25, 0.3) is 0 Å². The van der Waals surface area contributed by atoms with Gasteiger partial charge in [-0.3, -0.25) is 19.2 Å². The predicted molar refractivity (Wildman–Crippen MR) is 239 cm³/mol. The van der Waals surface area contributed by atoms with Crippen molar-refractivity contribution >= 4 is 35.6 Å². The van der Waals surface area contributed by atoms with Gasteiger partial charge in [-0.1, -0.05) is 80.6 Å². The Kier molecular flexibility index (Phi) is 14.7. The molecule has 2 unspecified atom stereocenters. The molecule has 3 aliphatic carbocycles. The first-order valence-electron chi connectivity index (χ1n) is 22.5. The van der Waals surface area contributed by atoms with Gasteiger partial charge in [0.2, 0.25) is 0 Å². The summed E-state index contributed by atoms with van der Waals surface area (Å²) in [5, 5.41) is 28.6. The topological polar surface area (TPSA) is 229 Å². The van der Waals surface area contributed by atoms with E-state index in [0.717, 1.165) is 6.92 Å². The molecule has 17 nitrogen and oxygen atoms in total. The number of carbonyl (C=O) groups is 6. The second-order valence-corrected chi connectivity index (χ2v) is 18.5. The van der Waals surface area contributed by atoms with Gasteiger partial charge in [-0.15, -0.1) is 0 Å². The number of hydrogen-bond donors (Lipinski definition) is 3. The lowest BCUT2D eigenvalue weighted by molar-refractivity contribution is -0.351. The van der Waals surface area contributed by atoms with Crippen LogP contribution in [-0.2, 0) is 57.1 Å². The quantitative estimate of drug-likeness (QED) is 0.0595. The third-order valence-electron chi connectivity index (χ3n) is 14.2. The van der Waals surface area contributed by atoms with Crippen LogP contribution in [0.3, 0.4) is 0 Å². The van der Waals surface area contributed by atoms with Crippen molar-refractivity contribution in [1.82, 2.24) is 5.32 Å². The van der Waals surface area contributed by atoms with Crippen LogP contribution in [0, 0.1) is 16.7 Å². The normalized spacial score (nSPS) is 30.1. The van der Waals surface area contributed by atoms with E-state index in [-0.39, 0.29) is 55.3 Å². The Morgan fingerprint density at radius 1 is 0.838 bits per heavy atom. The number of Topliss-reactive ketones (excluding diaryl/α,β-unsaturated/α-hetero) is 1. The maximum Gasteiger partial charge on any atom is 0.338 e. The van der Waals surface area contributed by atoms with Crippen molar-refractivity contribution in [2.75, 3.05) is 33.7 Å². The molecule has 0 radical (unpaired) electrons. The summed E-state index contributed by atoms with van der Waals surface area (Å²) in [5.74, 6) is -6.63. The summed E-state index contributed by atoms with van der Waals surface area (Å²) in [5.41, 5.74) is -6.83. The van der Waals surface area contributed by atoms with Gasteiger partial charge in [0.25, 0.3) is 5.91 Å². The molecule has 68 heavy (non-hydrogen) atoms. The number of amides is 1. The van der Waals surface area contributed by atoms with Gasteiger partial charge >= 0.3 is 23.9 Å². The molecular weight excluding hydrogens is 883 g/mol. The summed E-state index contributed by atoms with van der Waals surface area (Å²) in [6.45, 7) is 8.28. The van der Waals surface area contributed by atoms with Crippen molar-refractivity contribution in [3.8, 4) is 0 Å². The number of esters is 4. The molecule has 11 atom stereocenters. The van der Waals surface area contributed by atoms with E-state index < -0.39 is 113 Å². The molecule has 3 aromatic rings. The lowest BCUT2D eigenvalue weighted by atomic mass is 9.44. The largest absolute Gasteiger partial charge is 0.456 e. The minimum absolute atomic E-state index is 0.0276. The lowest BCUT2D eigenvalue weighted by Crippen LogP contribution is -2.82. The van der Waals surface area contributed by atoms with Crippen molar-refractivity contribution in [2.45, 2.75) is 108 Å². The van der Waals surface area contributed by atoms with Gasteiger partial charge in [0, 0.05) is 44.8 Å². The number of nitrogens with one attached hydrogen (secondary N) is 1. The van der Waals surface area contributed by atoms with Crippen molar-refractivity contribution in [3.05, 3.63) is 119 Å². The predicted octanol–water partition coefficient (Wildman–Crippen LogP) is 4.38. The zero-order valence-electron chi connectivity index (χ0n) is 39.1. The molecule has 17 heteroatoms. The van der Waals surface area contributed by atoms with Crippen LogP contribution in [0.2, 0.25) is 0 Å². The highest BCUT2D eigenvalue weighted by Crippen LogP contribution is 2.65. The number of aliphatic hydroxyl groups excluding tert-OH is 1. The zero-order chi connectivity index (χ0) is 49.2. The fraction of sp³-hybridized carbons (Fsp3) is 0.490. The Bertz CT molecular complexity index is 2390. The summed E-state index contributed by atoms with van der Waals surface area (Å²) in [4.78, 5) is 85.1. The van der Waals surface area contributed by atoms with Crippen molar-refractivity contribution in [3.63, 3.8) is 0 Å². The first-order chi connectivity index (χ1) is 32.3. The minimum Gasteiger partial charge on any atom is -0.456 e. The Balaban J connectivity index is 1.40. The molecule has 1 saturated heterocycles.